The molecule has 1 saturated carbocycles. The van der Waals surface area contributed by atoms with Crippen LogP contribution in [0.25, 0.3) is 10.9 Å². The molecule has 1 atom stereocenters. The molecule has 0 radical (unpaired) electrons. The Morgan fingerprint density at radius 1 is 1.23 bits per heavy atom. The first-order valence-electron chi connectivity index (χ1n) is 9.26. The number of rotatable bonds is 4. The van der Waals surface area contributed by atoms with Gasteiger partial charge in [-0.25, -0.2) is 4.98 Å². The summed E-state index contributed by atoms with van der Waals surface area (Å²) in [5.41, 5.74) is 0.721. The Labute approximate surface area is 162 Å². The van der Waals surface area contributed by atoms with Crippen molar-refractivity contribution in [2.45, 2.75) is 55.8 Å². The third-order valence-corrected chi connectivity index (χ3v) is 6.46. The number of benzene rings is 1. The number of halogens is 1. The minimum atomic E-state index is 0.0500. The van der Waals surface area contributed by atoms with E-state index in [2.05, 4.69) is 0 Å². The van der Waals surface area contributed by atoms with Crippen LogP contribution in [-0.2, 0) is 9.47 Å². The second-order valence-electron chi connectivity index (χ2n) is 6.94. The number of hydrogen-bond donors (Lipinski definition) is 0. The van der Waals surface area contributed by atoms with Crippen molar-refractivity contribution in [3.05, 3.63) is 33.6 Å². The summed E-state index contributed by atoms with van der Waals surface area (Å²) < 4.78 is 12.8. The maximum absolute atomic E-state index is 13.2. The number of ether oxygens (including phenoxy) is 2. The summed E-state index contributed by atoms with van der Waals surface area (Å²) in [4.78, 5) is 18.0. The van der Waals surface area contributed by atoms with E-state index in [-0.39, 0.29) is 17.7 Å². The highest BCUT2D eigenvalue weighted by molar-refractivity contribution is 7.99. The molecule has 140 valence electrons. The van der Waals surface area contributed by atoms with Gasteiger partial charge in [-0.15, -0.1) is 0 Å². The minimum absolute atomic E-state index is 0.0500. The van der Waals surface area contributed by atoms with Crippen LogP contribution in [0.1, 0.15) is 44.6 Å². The average Bonchev–Trinajstić information content (AvgIpc) is 2.67. The molecule has 0 bridgehead atoms. The summed E-state index contributed by atoms with van der Waals surface area (Å²) in [6, 6.07) is 5.57. The molecule has 7 heteroatoms. The zero-order valence-electron chi connectivity index (χ0n) is 14.7. The second-order valence-corrected chi connectivity index (χ2v) is 8.36. The lowest BCUT2D eigenvalue weighted by Crippen LogP contribution is -2.30. The van der Waals surface area contributed by atoms with Gasteiger partial charge in [0.25, 0.3) is 5.56 Å². The molecule has 0 amide bonds. The molecule has 2 aliphatic rings. The molecule has 2 heterocycles. The molecule has 4 rings (SSSR count). The molecule has 1 aromatic heterocycles. The molecule has 1 saturated heterocycles. The highest BCUT2D eigenvalue weighted by Crippen LogP contribution is 2.32. The monoisotopic (exact) mass is 394 g/mol. The number of thioether (sulfide) groups is 1. The van der Waals surface area contributed by atoms with E-state index in [4.69, 9.17) is 26.1 Å². The third kappa shape index (κ3) is 3.93. The summed E-state index contributed by atoms with van der Waals surface area (Å²) in [6.07, 6.45) is 6.69. The summed E-state index contributed by atoms with van der Waals surface area (Å²) in [6.45, 7) is 1.07. The van der Waals surface area contributed by atoms with Gasteiger partial charge in [0.15, 0.2) is 5.16 Å². The van der Waals surface area contributed by atoms with Gasteiger partial charge in [-0.3, -0.25) is 9.36 Å². The van der Waals surface area contributed by atoms with Crippen molar-refractivity contribution in [1.82, 2.24) is 9.55 Å². The fraction of sp³-hybridized carbons (Fsp3) is 0.579. The molecule has 0 unspecified atom stereocenters. The Hall–Kier alpha value is -1.08. The first-order valence-corrected chi connectivity index (χ1v) is 10.6. The topological polar surface area (TPSA) is 53.4 Å². The second kappa shape index (κ2) is 8.30. The van der Waals surface area contributed by atoms with Crippen molar-refractivity contribution in [3.63, 3.8) is 0 Å². The van der Waals surface area contributed by atoms with Crippen molar-refractivity contribution in [3.8, 4) is 0 Å². The van der Waals surface area contributed by atoms with Gasteiger partial charge in [-0.2, -0.15) is 0 Å². The van der Waals surface area contributed by atoms with Crippen molar-refractivity contribution < 1.29 is 9.47 Å². The molecular weight excluding hydrogens is 372 g/mol. The Balaban J connectivity index is 1.70. The predicted octanol–water partition coefficient (Wildman–Crippen LogP) is 4.41. The van der Waals surface area contributed by atoms with Crippen LogP contribution < -0.4 is 5.56 Å². The van der Waals surface area contributed by atoms with Gasteiger partial charge in [-0.05, 0) is 37.5 Å². The van der Waals surface area contributed by atoms with Gasteiger partial charge in [0.05, 0.1) is 23.6 Å². The molecule has 0 N–H and O–H groups in total. The van der Waals surface area contributed by atoms with E-state index in [0.717, 1.165) is 36.8 Å². The lowest BCUT2D eigenvalue weighted by Gasteiger charge is -2.27. The highest BCUT2D eigenvalue weighted by atomic mass is 35.5. The molecule has 1 aliphatic heterocycles. The van der Waals surface area contributed by atoms with E-state index < -0.39 is 0 Å². The lowest BCUT2D eigenvalue weighted by molar-refractivity contribution is -0.130. The SMILES string of the molecule is O=c1c2ccc(Cl)cc2nc(SC[C@@H]2CCOCO2)n1C1CCCCC1. The van der Waals surface area contributed by atoms with Crippen LogP contribution >= 0.6 is 23.4 Å². The van der Waals surface area contributed by atoms with E-state index in [0.29, 0.717) is 22.7 Å². The van der Waals surface area contributed by atoms with Gasteiger partial charge < -0.3 is 9.47 Å². The van der Waals surface area contributed by atoms with Gasteiger partial charge in [0.2, 0.25) is 0 Å². The van der Waals surface area contributed by atoms with Crippen LogP contribution in [0.2, 0.25) is 5.02 Å². The van der Waals surface area contributed by atoms with E-state index in [1.54, 1.807) is 30.0 Å². The standard InChI is InChI=1S/C19H23ClN2O3S/c20-13-6-7-16-17(10-13)21-19(26-11-15-8-9-24-12-25-15)22(18(16)23)14-4-2-1-3-5-14/h6-7,10,14-15H,1-5,8-9,11-12H2/t15-/m0/s1. The summed E-state index contributed by atoms with van der Waals surface area (Å²) in [5.74, 6) is 0.772. The molecule has 2 aromatic rings. The van der Waals surface area contributed by atoms with E-state index in [9.17, 15) is 4.79 Å². The lowest BCUT2D eigenvalue weighted by atomic mass is 9.95. The number of aromatic nitrogens is 2. The van der Waals surface area contributed by atoms with Crippen LogP contribution in [0.5, 0.6) is 0 Å². The number of nitrogens with zero attached hydrogens (tertiary/aromatic N) is 2. The maximum Gasteiger partial charge on any atom is 0.262 e. The maximum atomic E-state index is 13.2. The van der Waals surface area contributed by atoms with Gasteiger partial charge in [0.1, 0.15) is 6.79 Å². The summed E-state index contributed by atoms with van der Waals surface area (Å²) >= 11 is 7.73. The van der Waals surface area contributed by atoms with Crippen molar-refractivity contribution in [2.24, 2.45) is 0 Å². The summed E-state index contributed by atoms with van der Waals surface area (Å²) in [5, 5.41) is 2.03. The molecule has 2 fully saturated rings. The molecular formula is C19H23ClN2O3S. The molecule has 1 aromatic carbocycles. The Morgan fingerprint density at radius 2 is 2.08 bits per heavy atom. The molecule has 5 nitrogen and oxygen atoms in total. The van der Waals surface area contributed by atoms with Gasteiger partial charge in [0, 0.05) is 16.8 Å². The average molecular weight is 395 g/mol. The number of hydrogen-bond acceptors (Lipinski definition) is 5. The Kier molecular flexibility index (Phi) is 5.84. The van der Waals surface area contributed by atoms with E-state index in [1.165, 1.54) is 19.3 Å². The molecule has 26 heavy (non-hydrogen) atoms. The van der Waals surface area contributed by atoms with Gasteiger partial charge >= 0.3 is 0 Å². The Bertz CT molecular complexity index is 829. The first-order chi connectivity index (χ1) is 12.7. The van der Waals surface area contributed by atoms with Crippen LogP contribution in [0.15, 0.2) is 28.2 Å². The normalized spacial score (nSPS) is 22.0. The first kappa shape index (κ1) is 18.3. The van der Waals surface area contributed by atoms with Crippen molar-refractivity contribution >= 4 is 34.3 Å². The molecule has 1 aliphatic carbocycles. The zero-order chi connectivity index (χ0) is 17.9. The zero-order valence-corrected chi connectivity index (χ0v) is 16.2. The van der Waals surface area contributed by atoms with Crippen molar-refractivity contribution in [1.29, 1.82) is 0 Å². The predicted molar refractivity (Wildman–Crippen MR) is 104 cm³/mol. The third-order valence-electron chi connectivity index (χ3n) is 5.14. The van der Waals surface area contributed by atoms with Crippen LogP contribution in [0.4, 0.5) is 0 Å². The van der Waals surface area contributed by atoms with Crippen LogP contribution in [0.3, 0.4) is 0 Å². The van der Waals surface area contributed by atoms with Crippen LogP contribution in [0, 0.1) is 0 Å². The molecule has 0 spiro atoms. The quantitative estimate of drug-likeness (QED) is 0.567. The van der Waals surface area contributed by atoms with Gasteiger partial charge in [-0.1, -0.05) is 42.6 Å². The fourth-order valence-electron chi connectivity index (χ4n) is 3.72. The van der Waals surface area contributed by atoms with E-state index >= 15 is 0 Å². The fourth-order valence-corrected chi connectivity index (χ4v) is 5.01. The summed E-state index contributed by atoms with van der Waals surface area (Å²) in [7, 11) is 0. The largest absolute Gasteiger partial charge is 0.355 e. The Morgan fingerprint density at radius 3 is 2.85 bits per heavy atom. The van der Waals surface area contributed by atoms with E-state index in [1.807, 2.05) is 4.57 Å². The van der Waals surface area contributed by atoms with Crippen LogP contribution in [-0.4, -0.2) is 34.8 Å². The number of fused-ring (bicyclic) bond motifs is 1. The minimum Gasteiger partial charge on any atom is -0.355 e. The highest BCUT2D eigenvalue weighted by Gasteiger charge is 2.23. The van der Waals surface area contributed by atoms with Crippen molar-refractivity contribution in [2.75, 3.05) is 19.2 Å². The smallest absolute Gasteiger partial charge is 0.262 e.